The molecule has 1 aliphatic heterocycles. The SMILES string of the molecule is C[C@H]1CNCC[C@@H]1NC(=O)C(F)(F)Oc1ccc(F)cc1. The Labute approximate surface area is 120 Å². The molecule has 0 spiro atoms. The topological polar surface area (TPSA) is 50.4 Å². The van der Waals surface area contributed by atoms with Crippen LogP contribution in [-0.4, -0.2) is 31.1 Å². The monoisotopic (exact) mass is 302 g/mol. The summed E-state index contributed by atoms with van der Waals surface area (Å²) in [6.07, 6.45) is -3.41. The molecule has 0 aliphatic carbocycles. The van der Waals surface area contributed by atoms with Crippen LogP contribution in [0.1, 0.15) is 13.3 Å². The molecule has 1 aromatic rings. The molecule has 0 saturated carbocycles. The standard InChI is InChI=1S/C14H17F3N2O2/c1-9-8-18-7-6-12(9)19-13(20)14(16,17)21-11-4-2-10(15)3-5-11/h2-5,9,12,18H,6-8H2,1H3,(H,19,20)/t9-,12-/m0/s1. The third-order valence-electron chi connectivity index (χ3n) is 3.43. The lowest BCUT2D eigenvalue weighted by Gasteiger charge is -2.31. The molecule has 1 fully saturated rings. The molecule has 4 nitrogen and oxygen atoms in total. The summed E-state index contributed by atoms with van der Waals surface area (Å²) in [5.41, 5.74) is 0. The summed E-state index contributed by atoms with van der Waals surface area (Å²) in [6.45, 7) is 3.20. The first kappa shape index (κ1) is 15.6. The molecule has 1 amide bonds. The Hall–Kier alpha value is -1.76. The van der Waals surface area contributed by atoms with Crippen LogP contribution in [0.2, 0.25) is 0 Å². The Morgan fingerprint density at radius 2 is 2.05 bits per heavy atom. The minimum absolute atomic E-state index is 0.0596. The van der Waals surface area contributed by atoms with E-state index in [-0.39, 0.29) is 17.7 Å². The molecule has 0 radical (unpaired) electrons. The lowest BCUT2D eigenvalue weighted by atomic mass is 9.95. The minimum atomic E-state index is -4.00. The fourth-order valence-corrected chi connectivity index (χ4v) is 2.18. The van der Waals surface area contributed by atoms with Crippen LogP contribution in [0, 0.1) is 11.7 Å². The fourth-order valence-electron chi connectivity index (χ4n) is 2.18. The number of benzene rings is 1. The van der Waals surface area contributed by atoms with E-state index in [2.05, 4.69) is 15.4 Å². The number of piperidine rings is 1. The molecule has 2 N–H and O–H groups in total. The Morgan fingerprint density at radius 1 is 1.38 bits per heavy atom. The third kappa shape index (κ3) is 4.10. The number of ether oxygens (including phenoxy) is 1. The number of halogens is 3. The predicted molar refractivity (Wildman–Crippen MR) is 70.6 cm³/mol. The molecule has 0 unspecified atom stereocenters. The summed E-state index contributed by atoms with van der Waals surface area (Å²) in [4.78, 5) is 11.7. The molecule has 1 aliphatic rings. The predicted octanol–water partition coefficient (Wildman–Crippen LogP) is 1.91. The molecule has 2 rings (SSSR count). The molecule has 0 bridgehead atoms. The molecule has 7 heteroatoms. The van der Waals surface area contributed by atoms with Gasteiger partial charge in [0.05, 0.1) is 0 Å². The Balaban J connectivity index is 1.97. The Kier molecular flexibility index (Phi) is 4.72. The number of carbonyl (C=O) groups excluding carboxylic acids is 1. The minimum Gasteiger partial charge on any atom is -0.425 e. The normalized spacial score (nSPS) is 22.7. The van der Waals surface area contributed by atoms with Crippen LogP contribution in [0.25, 0.3) is 0 Å². The second-order valence-electron chi connectivity index (χ2n) is 5.12. The summed E-state index contributed by atoms with van der Waals surface area (Å²) in [6, 6.07) is 3.74. The second kappa shape index (κ2) is 6.34. The van der Waals surface area contributed by atoms with E-state index in [1.165, 1.54) is 0 Å². The van der Waals surface area contributed by atoms with Crippen molar-refractivity contribution in [1.29, 1.82) is 0 Å². The van der Waals surface area contributed by atoms with Gasteiger partial charge in [0, 0.05) is 6.04 Å². The average Bonchev–Trinajstić information content (AvgIpc) is 2.43. The maximum absolute atomic E-state index is 13.7. The molecule has 0 aromatic heterocycles. The van der Waals surface area contributed by atoms with Crippen molar-refractivity contribution in [3.8, 4) is 5.75 Å². The van der Waals surface area contributed by atoms with Crippen molar-refractivity contribution in [1.82, 2.24) is 10.6 Å². The van der Waals surface area contributed by atoms with Gasteiger partial charge in [-0.2, -0.15) is 8.78 Å². The van der Waals surface area contributed by atoms with E-state index in [4.69, 9.17) is 0 Å². The maximum atomic E-state index is 13.7. The van der Waals surface area contributed by atoms with Gasteiger partial charge in [-0.25, -0.2) is 4.39 Å². The largest absolute Gasteiger partial charge is 0.482 e. The van der Waals surface area contributed by atoms with Crippen LogP contribution >= 0.6 is 0 Å². The van der Waals surface area contributed by atoms with E-state index in [0.717, 1.165) is 24.3 Å². The highest BCUT2D eigenvalue weighted by molar-refractivity contribution is 5.82. The van der Waals surface area contributed by atoms with E-state index < -0.39 is 17.8 Å². The van der Waals surface area contributed by atoms with Gasteiger partial charge in [0.25, 0.3) is 0 Å². The van der Waals surface area contributed by atoms with Gasteiger partial charge < -0.3 is 15.4 Å². The molecule has 1 heterocycles. The van der Waals surface area contributed by atoms with Crippen molar-refractivity contribution in [3.05, 3.63) is 30.1 Å². The van der Waals surface area contributed by atoms with Gasteiger partial charge in [-0.05, 0) is 49.7 Å². The van der Waals surface area contributed by atoms with Crippen LogP contribution in [0.5, 0.6) is 5.75 Å². The zero-order chi connectivity index (χ0) is 15.5. The van der Waals surface area contributed by atoms with E-state index >= 15 is 0 Å². The summed E-state index contributed by atoms with van der Waals surface area (Å²) >= 11 is 0. The van der Waals surface area contributed by atoms with Gasteiger partial charge in [-0.1, -0.05) is 6.92 Å². The zero-order valence-corrected chi connectivity index (χ0v) is 11.5. The summed E-state index contributed by atoms with van der Waals surface area (Å²) in [5, 5.41) is 5.43. The van der Waals surface area contributed by atoms with Gasteiger partial charge in [-0.3, -0.25) is 4.79 Å². The zero-order valence-electron chi connectivity index (χ0n) is 11.5. The van der Waals surface area contributed by atoms with Crippen molar-refractivity contribution >= 4 is 5.91 Å². The summed E-state index contributed by atoms with van der Waals surface area (Å²) in [7, 11) is 0. The molecular weight excluding hydrogens is 285 g/mol. The van der Waals surface area contributed by atoms with Gasteiger partial charge in [0.15, 0.2) is 0 Å². The van der Waals surface area contributed by atoms with Crippen LogP contribution in [0.15, 0.2) is 24.3 Å². The molecule has 116 valence electrons. The highest BCUT2D eigenvalue weighted by Gasteiger charge is 2.43. The molecular formula is C14H17F3N2O2. The first-order chi connectivity index (χ1) is 9.88. The summed E-state index contributed by atoms with van der Waals surface area (Å²) < 4.78 is 44.6. The smallest absolute Gasteiger partial charge is 0.425 e. The molecule has 1 saturated heterocycles. The van der Waals surface area contributed by atoms with Crippen LogP contribution in [-0.2, 0) is 4.79 Å². The first-order valence-electron chi connectivity index (χ1n) is 6.72. The van der Waals surface area contributed by atoms with Crippen LogP contribution in [0.3, 0.4) is 0 Å². The van der Waals surface area contributed by atoms with Crippen LogP contribution < -0.4 is 15.4 Å². The highest BCUT2D eigenvalue weighted by Crippen LogP contribution is 2.23. The van der Waals surface area contributed by atoms with Crippen LogP contribution in [0.4, 0.5) is 13.2 Å². The highest BCUT2D eigenvalue weighted by atomic mass is 19.3. The number of alkyl halides is 2. The molecule has 2 atom stereocenters. The quantitative estimate of drug-likeness (QED) is 0.893. The van der Waals surface area contributed by atoms with Gasteiger partial charge >= 0.3 is 12.0 Å². The number of carbonyl (C=O) groups is 1. The number of hydrogen-bond acceptors (Lipinski definition) is 3. The van der Waals surface area contributed by atoms with Gasteiger partial charge in [-0.15, -0.1) is 0 Å². The number of rotatable bonds is 4. The maximum Gasteiger partial charge on any atom is 0.482 e. The van der Waals surface area contributed by atoms with Crippen molar-refractivity contribution in [2.75, 3.05) is 13.1 Å². The second-order valence-corrected chi connectivity index (χ2v) is 5.12. The average molecular weight is 302 g/mol. The number of hydrogen-bond donors (Lipinski definition) is 2. The fraction of sp³-hybridized carbons (Fsp3) is 0.500. The van der Waals surface area contributed by atoms with E-state index in [0.29, 0.717) is 19.5 Å². The van der Waals surface area contributed by atoms with Crippen molar-refractivity contribution in [2.45, 2.75) is 25.5 Å². The Morgan fingerprint density at radius 3 is 2.67 bits per heavy atom. The molecule has 1 aromatic carbocycles. The third-order valence-corrected chi connectivity index (χ3v) is 3.43. The number of nitrogens with one attached hydrogen (secondary N) is 2. The lowest BCUT2D eigenvalue weighted by molar-refractivity contribution is -0.194. The first-order valence-corrected chi connectivity index (χ1v) is 6.72. The van der Waals surface area contributed by atoms with Gasteiger partial charge in [0.1, 0.15) is 11.6 Å². The van der Waals surface area contributed by atoms with Gasteiger partial charge in [0.2, 0.25) is 0 Å². The lowest BCUT2D eigenvalue weighted by Crippen LogP contribution is -2.54. The molecule has 21 heavy (non-hydrogen) atoms. The van der Waals surface area contributed by atoms with Crippen molar-refractivity contribution in [2.24, 2.45) is 5.92 Å². The number of amides is 1. The van der Waals surface area contributed by atoms with E-state index in [1.54, 1.807) is 0 Å². The van der Waals surface area contributed by atoms with E-state index in [1.807, 2.05) is 6.92 Å². The van der Waals surface area contributed by atoms with E-state index in [9.17, 15) is 18.0 Å². The van der Waals surface area contributed by atoms with Crippen molar-refractivity contribution in [3.63, 3.8) is 0 Å². The Bertz CT molecular complexity index is 493. The summed E-state index contributed by atoms with van der Waals surface area (Å²) in [5.74, 6) is -2.26. The van der Waals surface area contributed by atoms with Crippen molar-refractivity contribution < 1.29 is 22.7 Å².